The summed E-state index contributed by atoms with van der Waals surface area (Å²) in [5.74, 6) is 0. The first kappa shape index (κ1) is 24.0. The fourth-order valence-corrected chi connectivity index (χ4v) is 4.38. The van der Waals surface area contributed by atoms with Gasteiger partial charge in [0.2, 0.25) is 0 Å². The maximum atomic E-state index is 8.94. The van der Waals surface area contributed by atoms with Crippen molar-refractivity contribution in [3.05, 3.63) is 125 Å². The monoisotopic (exact) mass is 454 g/mol. The highest BCUT2D eigenvalue weighted by Crippen LogP contribution is 2.24. The number of nitrogens with zero attached hydrogens (tertiary/aromatic N) is 2. The molecule has 0 aliphatic heterocycles. The molecule has 35 heavy (non-hydrogen) atoms. The lowest BCUT2D eigenvalue weighted by molar-refractivity contribution is 0.613. The molecule has 0 saturated carbocycles. The summed E-state index contributed by atoms with van der Waals surface area (Å²) in [6.07, 6.45) is 8.57. The van der Waals surface area contributed by atoms with Crippen LogP contribution in [0.15, 0.2) is 97.1 Å². The van der Waals surface area contributed by atoms with Gasteiger partial charge in [-0.15, -0.1) is 0 Å². The Kier molecular flexibility index (Phi) is 8.47. The number of benzene rings is 4. The predicted octanol–water partition coefficient (Wildman–Crippen LogP) is 9.18. The summed E-state index contributed by atoms with van der Waals surface area (Å²) in [5.41, 5.74) is 8.89. The van der Waals surface area contributed by atoms with Crippen LogP contribution in [-0.4, -0.2) is 0 Å². The molecule has 0 atom stereocenters. The Hall–Kier alpha value is -4.14. The molecule has 0 aromatic heterocycles. The number of nitriles is 1. The van der Waals surface area contributed by atoms with Crippen LogP contribution in [0.1, 0.15) is 48.8 Å². The molecule has 0 fully saturated rings. The van der Waals surface area contributed by atoms with E-state index < -0.39 is 0 Å². The van der Waals surface area contributed by atoms with E-state index in [1.165, 1.54) is 54.4 Å². The highest BCUT2D eigenvalue weighted by Gasteiger charge is 2.01. The van der Waals surface area contributed by atoms with Gasteiger partial charge in [-0.2, -0.15) is 5.26 Å². The summed E-state index contributed by atoms with van der Waals surface area (Å²) in [6.45, 7) is 7.07. The van der Waals surface area contributed by atoms with Crippen molar-refractivity contribution >= 4 is 5.69 Å². The second kappa shape index (κ2) is 12.4. The zero-order chi connectivity index (χ0) is 24.3. The van der Waals surface area contributed by atoms with Crippen molar-refractivity contribution in [2.24, 2.45) is 0 Å². The molecular formula is C33H30N2. The molecule has 0 bridgehead atoms. The molecular weight excluding hydrogens is 424 g/mol. The average Bonchev–Trinajstić information content (AvgIpc) is 2.93. The van der Waals surface area contributed by atoms with Crippen LogP contribution in [0.25, 0.3) is 27.1 Å². The van der Waals surface area contributed by atoms with Gasteiger partial charge in [-0.1, -0.05) is 104 Å². The van der Waals surface area contributed by atoms with E-state index in [1.54, 1.807) is 0 Å². The maximum Gasteiger partial charge on any atom is 0.187 e. The summed E-state index contributed by atoms with van der Waals surface area (Å²) in [5, 5.41) is 8.94. The van der Waals surface area contributed by atoms with Gasteiger partial charge in [-0.3, -0.25) is 0 Å². The van der Waals surface area contributed by atoms with Crippen LogP contribution in [0.4, 0.5) is 5.69 Å². The van der Waals surface area contributed by atoms with Crippen LogP contribution < -0.4 is 0 Å². The average molecular weight is 455 g/mol. The number of aryl methyl sites for hydroxylation is 2. The van der Waals surface area contributed by atoms with Gasteiger partial charge in [0.1, 0.15) is 0 Å². The molecule has 0 radical (unpaired) electrons. The van der Waals surface area contributed by atoms with Crippen LogP contribution in [0, 0.1) is 17.9 Å². The Morgan fingerprint density at radius 3 is 1.29 bits per heavy atom. The molecule has 0 spiro atoms. The lowest BCUT2D eigenvalue weighted by Crippen LogP contribution is -1.89. The molecule has 4 rings (SSSR count). The van der Waals surface area contributed by atoms with E-state index in [1.807, 2.05) is 48.5 Å². The van der Waals surface area contributed by atoms with E-state index in [0.29, 0.717) is 11.3 Å². The summed E-state index contributed by atoms with van der Waals surface area (Å²) in [6, 6.07) is 35.4. The molecule has 0 unspecified atom stereocenters. The van der Waals surface area contributed by atoms with Crippen molar-refractivity contribution < 1.29 is 0 Å². The highest BCUT2D eigenvalue weighted by molar-refractivity contribution is 5.66. The molecule has 0 aliphatic carbocycles. The molecule has 0 saturated heterocycles. The zero-order valence-electron chi connectivity index (χ0n) is 20.1. The van der Waals surface area contributed by atoms with E-state index in [4.69, 9.17) is 11.8 Å². The molecule has 0 aliphatic rings. The van der Waals surface area contributed by atoms with Crippen molar-refractivity contribution in [3.8, 4) is 28.3 Å². The summed E-state index contributed by atoms with van der Waals surface area (Å²) >= 11 is 0. The van der Waals surface area contributed by atoms with Gasteiger partial charge in [0.05, 0.1) is 18.2 Å². The fraction of sp³-hybridized carbons (Fsp3) is 0.212. The molecule has 2 nitrogen and oxygen atoms in total. The minimum absolute atomic E-state index is 0.683. The van der Waals surface area contributed by atoms with Crippen molar-refractivity contribution in [1.82, 2.24) is 0 Å². The Morgan fingerprint density at radius 1 is 0.514 bits per heavy atom. The Balaban J connectivity index is 1.13. The van der Waals surface area contributed by atoms with Crippen molar-refractivity contribution in [2.75, 3.05) is 0 Å². The van der Waals surface area contributed by atoms with Gasteiger partial charge in [0.15, 0.2) is 5.69 Å². The van der Waals surface area contributed by atoms with Crippen LogP contribution in [0.5, 0.6) is 0 Å². The smallest absolute Gasteiger partial charge is 0.187 e. The topological polar surface area (TPSA) is 28.1 Å². The first-order valence-corrected chi connectivity index (χ1v) is 12.4. The molecule has 0 amide bonds. The SMILES string of the molecule is [C-]#[N+]c1ccc(-c2ccc(CCCCCCCc3ccc(-c4ccc(C#N)cc4)cc3)cc2)cc1. The van der Waals surface area contributed by atoms with Gasteiger partial charge in [-0.25, -0.2) is 4.85 Å². The minimum atomic E-state index is 0.683. The van der Waals surface area contributed by atoms with Crippen LogP contribution >= 0.6 is 0 Å². The van der Waals surface area contributed by atoms with Crippen molar-refractivity contribution in [1.29, 1.82) is 5.26 Å². The molecule has 0 N–H and O–H groups in total. The third kappa shape index (κ3) is 6.92. The van der Waals surface area contributed by atoms with Gasteiger partial charge in [0, 0.05) is 0 Å². The number of rotatable bonds is 10. The zero-order valence-corrected chi connectivity index (χ0v) is 20.1. The number of unbranched alkanes of at least 4 members (excludes halogenated alkanes) is 4. The van der Waals surface area contributed by atoms with Crippen molar-refractivity contribution in [3.63, 3.8) is 0 Å². The normalized spacial score (nSPS) is 10.5. The molecule has 2 heteroatoms. The van der Waals surface area contributed by atoms with Gasteiger partial charge >= 0.3 is 0 Å². The minimum Gasteiger partial charge on any atom is -0.238 e. The Morgan fingerprint density at radius 2 is 0.886 bits per heavy atom. The summed E-state index contributed by atoms with van der Waals surface area (Å²) < 4.78 is 0. The van der Waals surface area contributed by atoms with E-state index >= 15 is 0 Å². The summed E-state index contributed by atoms with van der Waals surface area (Å²) in [7, 11) is 0. The van der Waals surface area contributed by atoms with Crippen molar-refractivity contribution in [2.45, 2.75) is 44.9 Å². The quantitative estimate of drug-likeness (QED) is 0.173. The lowest BCUT2D eigenvalue weighted by atomic mass is 9.99. The summed E-state index contributed by atoms with van der Waals surface area (Å²) in [4.78, 5) is 3.46. The largest absolute Gasteiger partial charge is 0.238 e. The first-order valence-electron chi connectivity index (χ1n) is 12.4. The molecule has 4 aromatic carbocycles. The third-order valence-corrected chi connectivity index (χ3v) is 6.52. The van der Waals surface area contributed by atoms with Gasteiger partial charge in [-0.05, 0) is 71.2 Å². The molecule has 4 aromatic rings. The Labute approximate surface area is 209 Å². The third-order valence-electron chi connectivity index (χ3n) is 6.52. The maximum absolute atomic E-state index is 8.94. The first-order chi connectivity index (χ1) is 17.2. The van der Waals surface area contributed by atoms with E-state index in [2.05, 4.69) is 59.4 Å². The van der Waals surface area contributed by atoms with E-state index in [-0.39, 0.29) is 0 Å². The van der Waals surface area contributed by atoms with E-state index in [9.17, 15) is 0 Å². The Bertz CT molecular complexity index is 1180. The molecule has 0 heterocycles. The van der Waals surface area contributed by atoms with Crippen LogP contribution in [0.3, 0.4) is 0 Å². The lowest BCUT2D eigenvalue weighted by Gasteiger charge is -2.06. The molecule has 172 valence electrons. The number of hydrogen-bond acceptors (Lipinski definition) is 1. The van der Waals surface area contributed by atoms with E-state index in [0.717, 1.165) is 24.0 Å². The van der Waals surface area contributed by atoms with Gasteiger partial charge < -0.3 is 0 Å². The van der Waals surface area contributed by atoms with Crippen LogP contribution in [-0.2, 0) is 12.8 Å². The number of hydrogen-bond donors (Lipinski definition) is 0. The second-order valence-electron chi connectivity index (χ2n) is 9.01. The standard InChI is InChI=1S/C33H30N2/c1-35-33-23-21-32(22-24-33)30-17-11-27(12-18-30)8-6-4-2-3-5-7-26-9-15-29(16-10-26)31-19-13-28(25-34)14-20-31/h9-24H,2-8H2. The second-order valence-corrected chi connectivity index (χ2v) is 9.01. The fourth-order valence-electron chi connectivity index (χ4n) is 4.38. The van der Waals surface area contributed by atoms with Crippen LogP contribution in [0.2, 0.25) is 0 Å². The highest BCUT2D eigenvalue weighted by atomic mass is 14.6. The predicted molar refractivity (Wildman–Crippen MR) is 145 cm³/mol. The van der Waals surface area contributed by atoms with Gasteiger partial charge in [0.25, 0.3) is 0 Å².